The number of rotatable bonds is 11. The van der Waals surface area contributed by atoms with Crippen LogP contribution in [0.25, 0.3) is 0 Å². The summed E-state index contributed by atoms with van der Waals surface area (Å²) in [7, 11) is 1.35. The van der Waals surface area contributed by atoms with Crippen LogP contribution in [0.2, 0.25) is 0 Å². The van der Waals surface area contributed by atoms with Crippen LogP contribution in [0.4, 0.5) is 0 Å². The van der Waals surface area contributed by atoms with Gasteiger partial charge in [-0.3, -0.25) is 9.59 Å². The van der Waals surface area contributed by atoms with Crippen LogP contribution in [0, 0.1) is 5.92 Å². The molecule has 0 spiro atoms. The maximum atomic E-state index is 13.9. The average molecular weight is 634 g/mol. The van der Waals surface area contributed by atoms with E-state index in [-0.39, 0.29) is 18.0 Å². The summed E-state index contributed by atoms with van der Waals surface area (Å²) in [6.07, 6.45) is 2.30. The van der Waals surface area contributed by atoms with Gasteiger partial charge >= 0.3 is 11.9 Å². The zero-order valence-corrected chi connectivity index (χ0v) is 26.8. The van der Waals surface area contributed by atoms with E-state index < -0.39 is 28.7 Å². The van der Waals surface area contributed by atoms with Crippen molar-refractivity contribution in [2.75, 3.05) is 12.9 Å². The van der Waals surface area contributed by atoms with Gasteiger partial charge in [0.05, 0.1) is 17.4 Å². The third kappa shape index (κ3) is 6.34. The summed E-state index contributed by atoms with van der Waals surface area (Å²) in [6, 6.07) is 40.0. The molecule has 2 heterocycles. The second-order valence-corrected chi connectivity index (χ2v) is 13.2. The van der Waals surface area contributed by atoms with E-state index in [0.29, 0.717) is 31.2 Å². The number of hydrogen-bond donors (Lipinski definition) is 0. The summed E-state index contributed by atoms with van der Waals surface area (Å²) in [4.78, 5) is 41.8. The first-order chi connectivity index (χ1) is 22.5. The molecule has 2 aliphatic heterocycles. The van der Waals surface area contributed by atoms with Crippen molar-refractivity contribution < 1.29 is 23.9 Å². The highest BCUT2D eigenvalue weighted by atomic mass is 32.2. The summed E-state index contributed by atoms with van der Waals surface area (Å²) >= 11 is 1.85. The van der Waals surface area contributed by atoms with Crippen LogP contribution in [0.3, 0.4) is 0 Å². The lowest BCUT2D eigenvalue weighted by Gasteiger charge is -2.43. The summed E-state index contributed by atoms with van der Waals surface area (Å²) in [5, 5.41) is 0. The molecule has 6 nitrogen and oxygen atoms in total. The van der Waals surface area contributed by atoms with Crippen LogP contribution in [0.1, 0.15) is 59.2 Å². The molecule has 0 saturated carbocycles. The molecular weight excluding hydrogens is 594 g/mol. The van der Waals surface area contributed by atoms with Gasteiger partial charge in [0.1, 0.15) is 12.0 Å². The van der Waals surface area contributed by atoms with Crippen molar-refractivity contribution >= 4 is 29.6 Å². The van der Waals surface area contributed by atoms with Crippen LogP contribution in [0.5, 0.6) is 0 Å². The zero-order chi connectivity index (χ0) is 31.9. The highest BCUT2D eigenvalue weighted by Crippen LogP contribution is 2.49. The Morgan fingerprint density at radius 2 is 1.28 bits per heavy atom. The van der Waals surface area contributed by atoms with Crippen molar-refractivity contribution in [3.05, 3.63) is 144 Å². The van der Waals surface area contributed by atoms with Crippen molar-refractivity contribution in [2.45, 2.75) is 55.0 Å². The van der Waals surface area contributed by atoms with Crippen molar-refractivity contribution in [3.8, 4) is 0 Å². The molecule has 0 radical (unpaired) electrons. The molecule has 1 amide bonds. The highest BCUT2D eigenvalue weighted by molar-refractivity contribution is 8.00. The van der Waals surface area contributed by atoms with Gasteiger partial charge in [0.25, 0.3) is 0 Å². The molecule has 2 bridgehead atoms. The molecule has 4 atom stereocenters. The number of ether oxygens (including phenoxy) is 2. The monoisotopic (exact) mass is 633 g/mol. The maximum Gasteiger partial charge on any atom is 0.338 e. The predicted octanol–water partition coefficient (Wildman–Crippen LogP) is 7.27. The Bertz CT molecular complexity index is 1520. The molecule has 0 aliphatic carbocycles. The minimum atomic E-state index is -0.711. The molecule has 4 aromatic rings. The predicted molar refractivity (Wildman–Crippen MR) is 180 cm³/mol. The lowest BCUT2D eigenvalue weighted by atomic mass is 9.84. The Kier molecular flexibility index (Phi) is 9.88. The average Bonchev–Trinajstić information content (AvgIpc) is 3.43. The standard InChI is InChI=1S/C39H39NO5S/c1-44-38(43)36-33-25-24-32(27-34(36)45-37(42)28-15-6-2-7-16-28)40(33)35(41)23-14-26-46-39(29-17-8-3-9-18-29,30-19-10-4-11-20-30)31-21-12-5-13-22-31/h2-13,15-22,32-34,36H,14,23-27H2,1H3/t32-,33+,34-,36+/m0/s1. The maximum absolute atomic E-state index is 13.9. The van der Waals surface area contributed by atoms with Gasteiger partial charge in [-0.1, -0.05) is 109 Å². The highest BCUT2D eigenvalue weighted by Gasteiger charge is 2.53. The van der Waals surface area contributed by atoms with Gasteiger partial charge in [-0.15, -0.1) is 11.8 Å². The number of carbonyl (C=O) groups is 3. The van der Waals surface area contributed by atoms with Gasteiger partial charge in [0.2, 0.25) is 5.91 Å². The number of piperidine rings is 1. The largest absolute Gasteiger partial charge is 0.469 e. The van der Waals surface area contributed by atoms with E-state index >= 15 is 0 Å². The minimum absolute atomic E-state index is 0.0413. The van der Waals surface area contributed by atoms with E-state index in [9.17, 15) is 14.4 Å². The number of hydrogen-bond acceptors (Lipinski definition) is 6. The first-order valence-corrected chi connectivity index (χ1v) is 17.0. The number of benzene rings is 4. The van der Waals surface area contributed by atoms with Crippen molar-refractivity contribution in [1.29, 1.82) is 0 Å². The Morgan fingerprint density at radius 1 is 0.761 bits per heavy atom. The zero-order valence-electron chi connectivity index (χ0n) is 26.0. The SMILES string of the molecule is COC(=O)[C@H]1[C@@H](OC(=O)c2ccccc2)C[C@@H]2CC[C@H]1N2C(=O)CCCSC(c1ccccc1)(c1ccccc1)c1ccccc1. The molecule has 2 aliphatic rings. The topological polar surface area (TPSA) is 72.9 Å². The molecule has 4 aromatic carbocycles. The number of nitrogens with zero attached hydrogens (tertiary/aromatic N) is 1. The van der Waals surface area contributed by atoms with Gasteiger partial charge in [-0.25, -0.2) is 4.79 Å². The number of methoxy groups -OCH3 is 1. The Balaban J connectivity index is 1.17. The molecule has 2 fully saturated rings. The molecule has 0 N–H and O–H groups in total. The number of amides is 1. The van der Waals surface area contributed by atoms with Crippen molar-refractivity contribution in [1.82, 2.24) is 4.90 Å². The molecule has 6 rings (SSSR count). The fourth-order valence-electron chi connectivity index (χ4n) is 7.24. The molecule has 236 valence electrons. The molecule has 0 aromatic heterocycles. The van der Waals surface area contributed by atoms with Crippen LogP contribution >= 0.6 is 11.8 Å². The van der Waals surface area contributed by atoms with Gasteiger partial charge in [-0.2, -0.15) is 0 Å². The van der Waals surface area contributed by atoms with Gasteiger partial charge in [0, 0.05) is 24.9 Å². The molecule has 7 heteroatoms. The van der Waals surface area contributed by atoms with Crippen molar-refractivity contribution in [3.63, 3.8) is 0 Å². The second kappa shape index (κ2) is 14.4. The van der Waals surface area contributed by atoms with E-state index in [0.717, 1.165) is 12.2 Å². The Hall–Kier alpha value is -4.36. The van der Waals surface area contributed by atoms with E-state index in [4.69, 9.17) is 9.47 Å². The summed E-state index contributed by atoms with van der Waals surface area (Å²) < 4.78 is 10.6. The fraction of sp³-hybridized carbons (Fsp3) is 0.308. The van der Waals surface area contributed by atoms with Gasteiger partial charge in [0.15, 0.2) is 0 Å². The quantitative estimate of drug-likeness (QED) is 0.0983. The Morgan fingerprint density at radius 3 is 1.80 bits per heavy atom. The van der Waals surface area contributed by atoms with E-state index in [1.165, 1.54) is 23.8 Å². The van der Waals surface area contributed by atoms with Gasteiger partial charge < -0.3 is 14.4 Å². The number of esters is 2. The minimum Gasteiger partial charge on any atom is -0.469 e. The summed E-state index contributed by atoms with van der Waals surface area (Å²) in [5.74, 6) is -0.820. The lowest BCUT2D eigenvalue weighted by Crippen LogP contribution is -2.56. The van der Waals surface area contributed by atoms with E-state index in [1.54, 1.807) is 24.3 Å². The van der Waals surface area contributed by atoms with E-state index in [2.05, 4.69) is 72.8 Å². The van der Waals surface area contributed by atoms with Crippen LogP contribution < -0.4 is 0 Å². The first kappa shape index (κ1) is 31.6. The third-order valence-electron chi connectivity index (χ3n) is 9.29. The van der Waals surface area contributed by atoms with Gasteiger partial charge in [-0.05, 0) is 53.8 Å². The fourth-order valence-corrected chi connectivity index (χ4v) is 8.74. The molecular formula is C39H39NO5S. The van der Waals surface area contributed by atoms with E-state index in [1.807, 2.05) is 40.9 Å². The summed E-state index contributed by atoms with van der Waals surface area (Å²) in [5.41, 5.74) is 4.01. The normalized spacial score (nSPS) is 20.6. The van der Waals surface area contributed by atoms with Crippen LogP contribution in [-0.4, -0.2) is 53.8 Å². The second-order valence-electron chi connectivity index (χ2n) is 11.9. The number of thioether (sulfide) groups is 1. The van der Waals surface area contributed by atoms with Crippen LogP contribution in [-0.2, 0) is 23.8 Å². The first-order valence-electron chi connectivity index (χ1n) is 16.0. The summed E-state index contributed by atoms with van der Waals surface area (Å²) in [6.45, 7) is 0. The van der Waals surface area contributed by atoms with Crippen molar-refractivity contribution in [2.24, 2.45) is 5.92 Å². The lowest BCUT2D eigenvalue weighted by molar-refractivity contribution is -0.160. The smallest absolute Gasteiger partial charge is 0.338 e. The Labute approximate surface area is 275 Å². The molecule has 2 saturated heterocycles. The third-order valence-corrected chi connectivity index (χ3v) is 10.9. The molecule has 0 unspecified atom stereocenters. The molecule has 46 heavy (non-hydrogen) atoms. The number of fused-ring (bicyclic) bond motifs is 2. The number of carbonyl (C=O) groups excluding carboxylic acids is 3. The van der Waals surface area contributed by atoms with Crippen LogP contribution in [0.15, 0.2) is 121 Å².